The summed E-state index contributed by atoms with van der Waals surface area (Å²) >= 11 is 0. The summed E-state index contributed by atoms with van der Waals surface area (Å²) in [4.78, 5) is 32.4. The highest BCUT2D eigenvalue weighted by Gasteiger charge is 2.46. The van der Waals surface area contributed by atoms with Crippen LogP contribution in [0.4, 0.5) is 0 Å². The number of hydrogen-bond donors (Lipinski definition) is 0. The minimum atomic E-state index is -0.196. The molecule has 0 bridgehead atoms. The van der Waals surface area contributed by atoms with Gasteiger partial charge in [-0.2, -0.15) is 0 Å². The van der Waals surface area contributed by atoms with Gasteiger partial charge in [0, 0.05) is 25.7 Å². The summed E-state index contributed by atoms with van der Waals surface area (Å²) in [6, 6.07) is 3.36. The zero-order chi connectivity index (χ0) is 14.6. The second kappa shape index (κ2) is 4.44. The van der Waals surface area contributed by atoms with Crippen LogP contribution in [0.1, 0.15) is 23.2 Å². The number of amides is 2. The molecule has 1 saturated heterocycles. The summed E-state index contributed by atoms with van der Waals surface area (Å²) in [5.41, 5.74) is 0.495. The minimum Gasteiger partial charge on any atom is -0.470 e. The van der Waals surface area contributed by atoms with Gasteiger partial charge < -0.3 is 14.5 Å². The predicted octanol–water partition coefficient (Wildman–Crippen LogP) is 0.535. The normalized spacial score (nSPS) is 27.8. The van der Waals surface area contributed by atoms with E-state index < -0.39 is 0 Å². The van der Waals surface area contributed by atoms with E-state index in [4.69, 9.17) is 4.74 Å². The number of carbonyl (C=O) groups excluding carboxylic acids is 2. The van der Waals surface area contributed by atoms with Crippen LogP contribution in [-0.2, 0) is 4.79 Å². The Morgan fingerprint density at radius 1 is 1.38 bits per heavy atom. The summed E-state index contributed by atoms with van der Waals surface area (Å²) in [6.07, 6.45) is 3.40. The van der Waals surface area contributed by atoms with Crippen LogP contribution in [0.25, 0.3) is 0 Å². The summed E-state index contributed by atoms with van der Waals surface area (Å²) < 4.78 is 5.93. The lowest BCUT2D eigenvalue weighted by Gasteiger charge is -2.24. The molecule has 21 heavy (non-hydrogen) atoms. The highest BCUT2D eigenvalue weighted by Crippen LogP contribution is 2.34. The minimum absolute atomic E-state index is 0.0914. The van der Waals surface area contributed by atoms with Crippen molar-refractivity contribution in [1.82, 2.24) is 14.8 Å². The van der Waals surface area contributed by atoms with Crippen LogP contribution in [0.15, 0.2) is 18.3 Å². The van der Waals surface area contributed by atoms with Crippen molar-refractivity contribution < 1.29 is 14.3 Å². The smallest absolute Gasteiger partial charge is 0.259 e. The van der Waals surface area contributed by atoms with Crippen molar-refractivity contribution in [3.8, 4) is 5.88 Å². The number of rotatable bonds is 1. The van der Waals surface area contributed by atoms with Crippen LogP contribution < -0.4 is 4.74 Å². The van der Waals surface area contributed by atoms with E-state index in [0.717, 1.165) is 12.8 Å². The molecule has 0 N–H and O–H groups in total. The predicted molar refractivity (Wildman–Crippen MR) is 73.8 cm³/mol. The molecule has 6 heteroatoms. The first-order valence-corrected chi connectivity index (χ1v) is 7.33. The molecule has 0 unspecified atom stereocenters. The molecule has 1 aromatic heterocycles. The van der Waals surface area contributed by atoms with Gasteiger partial charge >= 0.3 is 0 Å². The summed E-state index contributed by atoms with van der Waals surface area (Å²) in [6.45, 7) is 1.09. The Bertz CT molecular complexity index is 614. The van der Waals surface area contributed by atoms with E-state index in [-0.39, 0.29) is 29.9 Å². The fraction of sp³-hybridized carbons (Fsp3) is 0.533. The lowest BCUT2D eigenvalue weighted by Crippen LogP contribution is -2.44. The molecule has 1 aromatic rings. The third-order valence-electron chi connectivity index (χ3n) is 4.56. The number of likely N-dealkylation sites (tertiary alicyclic amines) is 1. The van der Waals surface area contributed by atoms with Crippen LogP contribution in [0.2, 0.25) is 0 Å². The van der Waals surface area contributed by atoms with Crippen LogP contribution in [0.3, 0.4) is 0 Å². The molecular weight excluding hydrogens is 270 g/mol. The molecular formula is C15H17N3O3. The molecule has 2 aliphatic heterocycles. The zero-order valence-corrected chi connectivity index (χ0v) is 11.9. The Kier molecular flexibility index (Phi) is 2.67. The molecule has 4 rings (SSSR count). The maximum Gasteiger partial charge on any atom is 0.259 e. The maximum absolute atomic E-state index is 12.5. The van der Waals surface area contributed by atoms with Gasteiger partial charge in [0.2, 0.25) is 11.8 Å². The molecule has 1 saturated carbocycles. The zero-order valence-electron chi connectivity index (χ0n) is 11.9. The SMILES string of the molecule is CN1C(=O)c2cccnc2O[C@H]2CN(C(=O)C3CC3)C[C@H]21. The number of pyridine rings is 1. The standard InChI is InChI=1S/C15H17N3O3/c1-17-11-7-18(14(19)9-4-5-9)8-12(11)21-13-10(15(17)20)3-2-6-16-13/h2-3,6,9,11-12H,4-5,7-8H2,1H3/t11-,12+/m1/s1. The molecule has 2 atom stereocenters. The van der Waals surface area contributed by atoms with Crippen LogP contribution in [-0.4, -0.2) is 58.9 Å². The molecule has 6 nitrogen and oxygen atoms in total. The highest BCUT2D eigenvalue weighted by atomic mass is 16.5. The Balaban J connectivity index is 1.63. The van der Waals surface area contributed by atoms with Gasteiger partial charge in [-0.25, -0.2) is 4.98 Å². The Morgan fingerprint density at radius 2 is 2.19 bits per heavy atom. The Hall–Kier alpha value is -2.11. The third-order valence-corrected chi connectivity index (χ3v) is 4.56. The van der Waals surface area contributed by atoms with E-state index in [9.17, 15) is 9.59 Å². The van der Waals surface area contributed by atoms with Crippen molar-refractivity contribution in [2.24, 2.45) is 5.92 Å². The van der Waals surface area contributed by atoms with Gasteiger partial charge in [0.1, 0.15) is 11.7 Å². The van der Waals surface area contributed by atoms with Crippen molar-refractivity contribution in [2.45, 2.75) is 25.0 Å². The van der Waals surface area contributed by atoms with E-state index in [2.05, 4.69) is 4.98 Å². The first-order valence-electron chi connectivity index (χ1n) is 7.33. The van der Waals surface area contributed by atoms with Crippen molar-refractivity contribution in [3.05, 3.63) is 23.9 Å². The maximum atomic E-state index is 12.5. The van der Waals surface area contributed by atoms with Gasteiger partial charge in [-0.1, -0.05) is 0 Å². The summed E-state index contributed by atoms with van der Waals surface area (Å²) in [7, 11) is 1.77. The molecule has 0 spiro atoms. The van der Waals surface area contributed by atoms with Gasteiger partial charge in [-0.15, -0.1) is 0 Å². The first kappa shape index (κ1) is 12.6. The summed E-state index contributed by atoms with van der Waals surface area (Å²) in [5, 5.41) is 0. The van der Waals surface area contributed by atoms with E-state index in [1.165, 1.54) is 0 Å². The fourth-order valence-electron chi connectivity index (χ4n) is 3.14. The summed E-state index contributed by atoms with van der Waals surface area (Å²) in [5.74, 6) is 0.682. The molecule has 2 amide bonds. The Labute approximate surface area is 122 Å². The van der Waals surface area contributed by atoms with Crippen molar-refractivity contribution >= 4 is 11.8 Å². The number of likely N-dealkylation sites (N-methyl/N-ethyl adjacent to an activating group) is 1. The molecule has 3 aliphatic rings. The van der Waals surface area contributed by atoms with Gasteiger partial charge in [0.25, 0.3) is 5.91 Å². The fourth-order valence-corrected chi connectivity index (χ4v) is 3.14. The number of ether oxygens (including phenoxy) is 1. The number of nitrogens with zero attached hydrogens (tertiary/aromatic N) is 3. The lowest BCUT2D eigenvalue weighted by atomic mass is 10.2. The van der Waals surface area contributed by atoms with E-state index in [1.54, 1.807) is 30.3 Å². The van der Waals surface area contributed by atoms with Crippen LogP contribution in [0.5, 0.6) is 5.88 Å². The average Bonchev–Trinajstić information content (AvgIpc) is 3.27. The average molecular weight is 287 g/mol. The molecule has 1 aliphatic carbocycles. The van der Waals surface area contributed by atoms with E-state index in [0.29, 0.717) is 24.5 Å². The lowest BCUT2D eigenvalue weighted by molar-refractivity contribution is -0.131. The molecule has 110 valence electrons. The van der Waals surface area contributed by atoms with E-state index in [1.807, 2.05) is 4.90 Å². The molecule has 3 heterocycles. The largest absolute Gasteiger partial charge is 0.470 e. The first-order chi connectivity index (χ1) is 10.1. The molecule has 0 aromatic carbocycles. The second-order valence-corrected chi connectivity index (χ2v) is 6.01. The van der Waals surface area contributed by atoms with Gasteiger partial charge in [0.05, 0.1) is 12.6 Å². The molecule has 2 fully saturated rings. The quantitative estimate of drug-likeness (QED) is 0.756. The van der Waals surface area contributed by atoms with E-state index >= 15 is 0 Å². The third kappa shape index (κ3) is 1.97. The van der Waals surface area contributed by atoms with Crippen LogP contribution >= 0.6 is 0 Å². The van der Waals surface area contributed by atoms with Gasteiger partial charge in [-0.05, 0) is 25.0 Å². The van der Waals surface area contributed by atoms with Crippen molar-refractivity contribution in [3.63, 3.8) is 0 Å². The van der Waals surface area contributed by atoms with Gasteiger partial charge in [-0.3, -0.25) is 9.59 Å². The van der Waals surface area contributed by atoms with Crippen LogP contribution in [0, 0.1) is 5.92 Å². The number of carbonyl (C=O) groups is 2. The number of hydrogen-bond acceptors (Lipinski definition) is 4. The molecule has 0 radical (unpaired) electrons. The second-order valence-electron chi connectivity index (χ2n) is 6.01. The van der Waals surface area contributed by atoms with Crippen molar-refractivity contribution in [2.75, 3.05) is 20.1 Å². The van der Waals surface area contributed by atoms with Crippen molar-refractivity contribution in [1.29, 1.82) is 0 Å². The number of fused-ring (bicyclic) bond motifs is 2. The van der Waals surface area contributed by atoms with Gasteiger partial charge in [0.15, 0.2) is 0 Å². The monoisotopic (exact) mass is 287 g/mol. The Morgan fingerprint density at radius 3 is 2.95 bits per heavy atom. The highest BCUT2D eigenvalue weighted by molar-refractivity contribution is 5.97. The topological polar surface area (TPSA) is 62.7 Å². The number of aromatic nitrogens is 1.